The maximum absolute atomic E-state index is 12.5. The van der Waals surface area contributed by atoms with Gasteiger partial charge in [-0.3, -0.25) is 4.79 Å². The minimum Gasteiger partial charge on any atom is -0.458 e. The number of ether oxygens (including phenoxy) is 1. The van der Waals surface area contributed by atoms with Gasteiger partial charge in [0.05, 0.1) is 5.56 Å². The van der Waals surface area contributed by atoms with Gasteiger partial charge in [-0.2, -0.15) is 13.2 Å². The van der Waals surface area contributed by atoms with Crippen molar-refractivity contribution in [3.8, 4) is 0 Å². The van der Waals surface area contributed by atoms with E-state index in [1.54, 1.807) is 0 Å². The van der Waals surface area contributed by atoms with E-state index in [0.29, 0.717) is 12.0 Å². The van der Waals surface area contributed by atoms with Crippen LogP contribution in [0.15, 0.2) is 24.3 Å². The second kappa shape index (κ2) is 7.31. The van der Waals surface area contributed by atoms with Crippen LogP contribution >= 0.6 is 0 Å². The van der Waals surface area contributed by atoms with Crippen LogP contribution in [0.4, 0.5) is 13.2 Å². The highest BCUT2D eigenvalue weighted by Gasteiger charge is 2.30. The zero-order chi connectivity index (χ0) is 15.2. The number of rotatable bonds is 6. The molecule has 1 aromatic rings. The van der Waals surface area contributed by atoms with Gasteiger partial charge < -0.3 is 4.74 Å². The summed E-state index contributed by atoms with van der Waals surface area (Å²) in [4.78, 5) is 11.1. The molecular formula is C15H19F3O2. The predicted molar refractivity (Wildman–Crippen MR) is 70.1 cm³/mol. The summed E-state index contributed by atoms with van der Waals surface area (Å²) in [5.74, 6) is -0.425. The van der Waals surface area contributed by atoms with E-state index in [0.717, 1.165) is 31.4 Å². The highest BCUT2D eigenvalue weighted by Crippen LogP contribution is 2.31. The summed E-state index contributed by atoms with van der Waals surface area (Å²) >= 11 is 0. The van der Waals surface area contributed by atoms with Gasteiger partial charge in [-0.1, -0.05) is 31.9 Å². The maximum Gasteiger partial charge on any atom is 0.416 e. The molecule has 0 spiro atoms. The van der Waals surface area contributed by atoms with E-state index < -0.39 is 23.8 Å². The first-order chi connectivity index (χ1) is 9.34. The second-order valence-corrected chi connectivity index (χ2v) is 4.71. The molecule has 0 aromatic heterocycles. The van der Waals surface area contributed by atoms with E-state index >= 15 is 0 Å². The Balaban J connectivity index is 2.81. The van der Waals surface area contributed by atoms with Crippen molar-refractivity contribution in [3.05, 3.63) is 35.4 Å². The summed E-state index contributed by atoms with van der Waals surface area (Å²) in [6, 6.07) is 4.79. The fraction of sp³-hybridized carbons (Fsp3) is 0.533. The molecule has 5 heteroatoms. The molecule has 0 unspecified atom stereocenters. The van der Waals surface area contributed by atoms with Crippen molar-refractivity contribution in [1.82, 2.24) is 0 Å². The van der Waals surface area contributed by atoms with Crippen LogP contribution < -0.4 is 0 Å². The van der Waals surface area contributed by atoms with E-state index in [1.807, 2.05) is 0 Å². The molecule has 0 heterocycles. The Morgan fingerprint density at radius 3 is 2.25 bits per heavy atom. The first kappa shape index (κ1) is 16.5. The molecule has 0 saturated carbocycles. The van der Waals surface area contributed by atoms with Crippen LogP contribution in [0.1, 0.15) is 56.8 Å². The van der Waals surface area contributed by atoms with Gasteiger partial charge in [0, 0.05) is 6.92 Å². The molecule has 2 nitrogen and oxygen atoms in total. The van der Waals surface area contributed by atoms with E-state index in [-0.39, 0.29) is 0 Å². The number of halogens is 3. The van der Waals surface area contributed by atoms with Gasteiger partial charge >= 0.3 is 12.1 Å². The van der Waals surface area contributed by atoms with Gasteiger partial charge in [-0.25, -0.2) is 0 Å². The average Bonchev–Trinajstić information content (AvgIpc) is 2.36. The molecule has 112 valence electrons. The Hall–Kier alpha value is -1.52. The summed E-state index contributed by atoms with van der Waals surface area (Å²) < 4.78 is 42.7. The van der Waals surface area contributed by atoms with Crippen molar-refractivity contribution in [2.45, 2.75) is 51.8 Å². The third kappa shape index (κ3) is 5.23. The Bertz CT molecular complexity index is 424. The second-order valence-electron chi connectivity index (χ2n) is 4.71. The molecule has 0 N–H and O–H groups in total. The minimum atomic E-state index is -4.35. The summed E-state index contributed by atoms with van der Waals surface area (Å²) in [5, 5.41) is 0. The fourth-order valence-electron chi connectivity index (χ4n) is 1.96. The molecule has 1 rings (SSSR count). The van der Waals surface area contributed by atoms with Crippen molar-refractivity contribution < 1.29 is 22.7 Å². The number of carbonyl (C=O) groups excluding carboxylic acids is 1. The van der Waals surface area contributed by atoms with Crippen LogP contribution in [0.25, 0.3) is 0 Å². The zero-order valence-electron chi connectivity index (χ0n) is 11.7. The van der Waals surface area contributed by atoms with Crippen LogP contribution in [-0.2, 0) is 15.7 Å². The normalized spacial score (nSPS) is 13.1. The maximum atomic E-state index is 12.5. The number of unbranched alkanes of at least 4 members (excludes halogenated alkanes) is 2. The number of hydrogen-bond acceptors (Lipinski definition) is 2. The molecule has 1 atom stereocenters. The first-order valence-corrected chi connectivity index (χ1v) is 6.69. The molecule has 0 bridgehead atoms. The van der Waals surface area contributed by atoms with Crippen LogP contribution in [0.5, 0.6) is 0 Å². The average molecular weight is 288 g/mol. The monoisotopic (exact) mass is 288 g/mol. The first-order valence-electron chi connectivity index (χ1n) is 6.69. The van der Waals surface area contributed by atoms with Crippen LogP contribution in [0.3, 0.4) is 0 Å². The smallest absolute Gasteiger partial charge is 0.416 e. The topological polar surface area (TPSA) is 26.3 Å². The molecule has 0 radical (unpaired) electrons. The molecule has 0 aliphatic carbocycles. The van der Waals surface area contributed by atoms with Gasteiger partial charge in [0.2, 0.25) is 0 Å². The Kier molecular flexibility index (Phi) is 6.05. The van der Waals surface area contributed by atoms with Crippen LogP contribution in [-0.4, -0.2) is 5.97 Å². The molecule has 0 aliphatic heterocycles. The lowest BCUT2D eigenvalue weighted by molar-refractivity contribution is -0.147. The molecule has 1 aromatic carbocycles. The number of alkyl halides is 3. The number of benzene rings is 1. The van der Waals surface area contributed by atoms with Crippen molar-refractivity contribution >= 4 is 5.97 Å². The van der Waals surface area contributed by atoms with Crippen molar-refractivity contribution in [3.63, 3.8) is 0 Å². The lowest BCUT2D eigenvalue weighted by atomic mass is 10.0. The molecular weight excluding hydrogens is 269 g/mol. The number of esters is 1. The van der Waals surface area contributed by atoms with Crippen molar-refractivity contribution in [2.75, 3.05) is 0 Å². The molecule has 0 amide bonds. The van der Waals surface area contributed by atoms with Crippen molar-refractivity contribution in [2.24, 2.45) is 0 Å². The quantitative estimate of drug-likeness (QED) is 0.550. The van der Waals surface area contributed by atoms with Gasteiger partial charge in [0.25, 0.3) is 0 Å². The summed E-state index contributed by atoms with van der Waals surface area (Å²) in [5.41, 5.74) is -0.0966. The van der Waals surface area contributed by atoms with Crippen LogP contribution in [0, 0.1) is 0 Å². The van der Waals surface area contributed by atoms with Gasteiger partial charge in [-0.05, 0) is 30.5 Å². The van der Waals surface area contributed by atoms with Gasteiger partial charge in [-0.15, -0.1) is 0 Å². The lowest BCUT2D eigenvalue weighted by Gasteiger charge is -2.18. The Labute approximate surface area is 116 Å². The summed E-state index contributed by atoms with van der Waals surface area (Å²) in [6.07, 6.45) is -1.30. The Morgan fingerprint density at radius 1 is 1.20 bits per heavy atom. The van der Waals surface area contributed by atoms with E-state index in [1.165, 1.54) is 19.1 Å². The molecule has 0 aliphatic rings. The number of hydrogen-bond donors (Lipinski definition) is 0. The van der Waals surface area contributed by atoms with Gasteiger partial charge in [0.15, 0.2) is 0 Å². The third-order valence-electron chi connectivity index (χ3n) is 2.99. The summed E-state index contributed by atoms with van der Waals surface area (Å²) in [6.45, 7) is 3.36. The molecule has 20 heavy (non-hydrogen) atoms. The van der Waals surface area contributed by atoms with E-state index in [9.17, 15) is 18.0 Å². The number of carbonyl (C=O) groups is 1. The predicted octanol–water partition coefficient (Wildman–Crippen LogP) is 4.89. The fourth-order valence-corrected chi connectivity index (χ4v) is 1.96. The van der Waals surface area contributed by atoms with Gasteiger partial charge in [0.1, 0.15) is 6.10 Å². The molecule has 0 saturated heterocycles. The molecule has 0 fully saturated rings. The lowest BCUT2D eigenvalue weighted by Crippen LogP contribution is -2.10. The standard InChI is InChI=1S/C15H19F3O2/c1-3-4-5-6-14(20-11(2)19)12-7-9-13(10-8-12)15(16,17)18/h7-10,14H,3-6H2,1-2H3/t14-/m1/s1. The van der Waals surface area contributed by atoms with Crippen molar-refractivity contribution in [1.29, 1.82) is 0 Å². The largest absolute Gasteiger partial charge is 0.458 e. The highest BCUT2D eigenvalue weighted by molar-refractivity contribution is 5.66. The highest BCUT2D eigenvalue weighted by atomic mass is 19.4. The minimum absolute atomic E-state index is 0.425. The third-order valence-corrected chi connectivity index (χ3v) is 2.99. The van der Waals surface area contributed by atoms with Crippen LogP contribution in [0.2, 0.25) is 0 Å². The zero-order valence-corrected chi connectivity index (χ0v) is 11.7. The SMILES string of the molecule is CCCCC[C@@H](OC(C)=O)c1ccc(C(F)(F)F)cc1. The Morgan fingerprint density at radius 2 is 1.80 bits per heavy atom. The van der Waals surface area contributed by atoms with E-state index in [2.05, 4.69) is 6.92 Å². The van der Waals surface area contributed by atoms with E-state index in [4.69, 9.17) is 4.74 Å². The summed E-state index contributed by atoms with van der Waals surface area (Å²) in [7, 11) is 0.